The van der Waals surface area contributed by atoms with Gasteiger partial charge in [0.05, 0.1) is 0 Å². The van der Waals surface area contributed by atoms with Gasteiger partial charge in [-0.3, -0.25) is 4.79 Å². The number of hydrogen-bond donors (Lipinski definition) is 2. The first-order valence-corrected chi connectivity index (χ1v) is 7.37. The van der Waals surface area contributed by atoms with Crippen LogP contribution in [0.4, 0.5) is 4.79 Å². The summed E-state index contributed by atoms with van der Waals surface area (Å²) in [5.41, 5.74) is 0. The highest BCUT2D eigenvalue weighted by atomic mass is 16.5. The zero-order chi connectivity index (χ0) is 14.8. The van der Waals surface area contributed by atoms with Crippen LogP contribution < -0.4 is 5.32 Å². The van der Waals surface area contributed by atoms with Gasteiger partial charge in [0, 0.05) is 39.8 Å². The molecule has 1 saturated heterocycles. The number of unbranched alkanes of at least 4 members (excludes halogenated alkanes) is 1. The molecule has 1 rings (SSSR count). The minimum absolute atomic E-state index is 0.0255. The van der Waals surface area contributed by atoms with E-state index in [2.05, 4.69) is 5.32 Å². The van der Waals surface area contributed by atoms with Gasteiger partial charge >= 0.3 is 12.0 Å². The second-order valence-electron chi connectivity index (χ2n) is 5.32. The van der Waals surface area contributed by atoms with Gasteiger partial charge in [0.25, 0.3) is 0 Å². The lowest BCUT2D eigenvalue weighted by molar-refractivity contribution is -0.137. The van der Waals surface area contributed by atoms with Crippen molar-refractivity contribution >= 4 is 12.0 Å². The Bertz CT molecular complexity index is 310. The van der Waals surface area contributed by atoms with Crippen LogP contribution in [0.3, 0.4) is 0 Å². The topological polar surface area (TPSA) is 78.9 Å². The maximum atomic E-state index is 12.0. The Balaban J connectivity index is 2.20. The molecule has 20 heavy (non-hydrogen) atoms. The lowest BCUT2D eigenvalue weighted by Crippen LogP contribution is -2.45. The molecule has 0 spiro atoms. The highest BCUT2D eigenvalue weighted by Crippen LogP contribution is 2.20. The molecule has 1 atom stereocenters. The minimum atomic E-state index is -0.760. The van der Waals surface area contributed by atoms with Crippen LogP contribution in [0.2, 0.25) is 0 Å². The summed E-state index contributed by atoms with van der Waals surface area (Å²) < 4.78 is 4.95. The third kappa shape index (κ3) is 6.75. The lowest BCUT2D eigenvalue weighted by atomic mass is 9.93. The summed E-state index contributed by atoms with van der Waals surface area (Å²) in [6.07, 6.45) is 4.68. The van der Waals surface area contributed by atoms with E-state index in [0.29, 0.717) is 25.4 Å². The van der Waals surface area contributed by atoms with Crippen LogP contribution in [-0.2, 0) is 9.53 Å². The summed E-state index contributed by atoms with van der Waals surface area (Å²) in [4.78, 5) is 24.4. The zero-order valence-electron chi connectivity index (χ0n) is 12.3. The summed E-state index contributed by atoms with van der Waals surface area (Å²) in [5, 5.41) is 11.6. The Morgan fingerprint density at radius 2 is 2.20 bits per heavy atom. The van der Waals surface area contributed by atoms with Gasteiger partial charge in [-0.05, 0) is 38.0 Å². The number of piperidine rings is 1. The molecular formula is C14H26N2O4. The van der Waals surface area contributed by atoms with Crippen molar-refractivity contribution in [1.82, 2.24) is 10.2 Å². The van der Waals surface area contributed by atoms with Crippen LogP contribution in [0.25, 0.3) is 0 Å². The number of carbonyl (C=O) groups is 2. The Kier molecular flexibility index (Phi) is 8.02. The maximum Gasteiger partial charge on any atom is 0.317 e. The van der Waals surface area contributed by atoms with Crippen LogP contribution in [0.5, 0.6) is 0 Å². The molecule has 1 heterocycles. The van der Waals surface area contributed by atoms with E-state index in [-0.39, 0.29) is 12.5 Å². The fraction of sp³-hybridized carbons (Fsp3) is 0.857. The van der Waals surface area contributed by atoms with Crippen LogP contribution >= 0.6 is 0 Å². The fourth-order valence-corrected chi connectivity index (χ4v) is 2.49. The van der Waals surface area contributed by atoms with Crippen molar-refractivity contribution in [2.24, 2.45) is 5.92 Å². The lowest BCUT2D eigenvalue weighted by Gasteiger charge is -2.32. The number of carboxylic acid groups (broad SMARTS) is 1. The molecular weight excluding hydrogens is 260 g/mol. The molecule has 0 aromatic heterocycles. The number of rotatable bonds is 8. The molecule has 6 heteroatoms. The number of carbonyl (C=O) groups excluding carboxylic acids is 1. The first kappa shape index (κ1) is 16.8. The molecule has 2 amide bonds. The molecule has 0 bridgehead atoms. The number of urea groups is 1. The monoisotopic (exact) mass is 286 g/mol. The molecule has 6 nitrogen and oxygen atoms in total. The summed E-state index contributed by atoms with van der Waals surface area (Å²) >= 11 is 0. The van der Waals surface area contributed by atoms with E-state index in [0.717, 1.165) is 38.8 Å². The Morgan fingerprint density at radius 3 is 2.90 bits per heavy atom. The van der Waals surface area contributed by atoms with Crippen molar-refractivity contribution in [2.45, 2.75) is 38.5 Å². The van der Waals surface area contributed by atoms with E-state index in [4.69, 9.17) is 9.84 Å². The van der Waals surface area contributed by atoms with Crippen LogP contribution in [0.15, 0.2) is 0 Å². The van der Waals surface area contributed by atoms with E-state index in [1.807, 2.05) is 4.90 Å². The molecule has 1 aliphatic rings. The summed E-state index contributed by atoms with van der Waals surface area (Å²) in [7, 11) is 1.67. The molecule has 0 aromatic carbocycles. The number of aliphatic carboxylic acids is 1. The molecule has 0 aliphatic carbocycles. The van der Waals surface area contributed by atoms with Crippen molar-refractivity contribution < 1.29 is 19.4 Å². The van der Waals surface area contributed by atoms with Gasteiger partial charge in [-0.25, -0.2) is 4.79 Å². The Labute approximate surface area is 120 Å². The molecule has 1 unspecified atom stereocenters. The highest BCUT2D eigenvalue weighted by molar-refractivity contribution is 5.74. The minimum Gasteiger partial charge on any atom is -0.481 e. The maximum absolute atomic E-state index is 12.0. The van der Waals surface area contributed by atoms with Crippen molar-refractivity contribution in [3.63, 3.8) is 0 Å². The van der Waals surface area contributed by atoms with Crippen LogP contribution in [0, 0.1) is 5.92 Å². The molecule has 1 fully saturated rings. The third-order valence-corrected chi connectivity index (χ3v) is 3.62. The van der Waals surface area contributed by atoms with E-state index in [9.17, 15) is 9.59 Å². The highest BCUT2D eigenvalue weighted by Gasteiger charge is 2.23. The molecule has 0 saturated carbocycles. The second kappa shape index (κ2) is 9.58. The fourth-order valence-electron chi connectivity index (χ4n) is 2.49. The van der Waals surface area contributed by atoms with E-state index in [1.54, 1.807) is 7.11 Å². The molecule has 0 aromatic rings. The number of hydrogen-bond acceptors (Lipinski definition) is 3. The molecule has 2 N–H and O–H groups in total. The Hall–Kier alpha value is -1.30. The van der Waals surface area contributed by atoms with Crippen LogP contribution in [-0.4, -0.2) is 55.4 Å². The predicted octanol–water partition coefficient (Wildman–Crippen LogP) is 1.70. The number of carboxylic acids is 1. The predicted molar refractivity (Wildman–Crippen MR) is 75.7 cm³/mol. The van der Waals surface area contributed by atoms with Crippen LogP contribution in [0.1, 0.15) is 38.5 Å². The number of methoxy groups -OCH3 is 1. The van der Waals surface area contributed by atoms with Crippen molar-refractivity contribution in [3.05, 3.63) is 0 Å². The van der Waals surface area contributed by atoms with E-state index < -0.39 is 5.97 Å². The zero-order valence-corrected chi connectivity index (χ0v) is 12.3. The molecule has 0 radical (unpaired) electrons. The van der Waals surface area contributed by atoms with Gasteiger partial charge in [0.15, 0.2) is 0 Å². The largest absolute Gasteiger partial charge is 0.481 e. The van der Waals surface area contributed by atoms with Gasteiger partial charge in [-0.2, -0.15) is 0 Å². The first-order chi connectivity index (χ1) is 9.63. The van der Waals surface area contributed by atoms with Crippen molar-refractivity contribution in [2.75, 3.05) is 33.4 Å². The Morgan fingerprint density at radius 1 is 1.40 bits per heavy atom. The standard InChI is InChI=1S/C14H26N2O4/c1-20-10-3-2-8-15-14(19)16-9-4-5-12(11-16)6-7-13(17)18/h12H,2-11H2,1H3,(H,15,19)(H,17,18). The number of amides is 2. The number of likely N-dealkylation sites (tertiary alicyclic amines) is 1. The molecule has 1 aliphatic heterocycles. The van der Waals surface area contributed by atoms with Gasteiger partial charge in [0.1, 0.15) is 0 Å². The van der Waals surface area contributed by atoms with E-state index >= 15 is 0 Å². The summed E-state index contributed by atoms with van der Waals surface area (Å²) in [6.45, 7) is 2.83. The van der Waals surface area contributed by atoms with Gasteiger partial charge in [-0.15, -0.1) is 0 Å². The van der Waals surface area contributed by atoms with Gasteiger partial charge in [0.2, 0.25) is 0 Å². The number of nitrogens with zero attached hydrogens (tertiary/aromatic N) is 1. The van der Waals surface area contributed by atoms with Gasteiger partial charge in [-0.1, -0.05) is 0 Å². The quantitative estimate of drug-likeness (QED) is 0.666. The summed E-state index contributed by atoms with van der Waals surface area (Å²) in [6, 6.07) is -0.0255. The number of nitrogens with one attached hydrogen (secondary N) is 1. The normalized spacial score (nSPS) is 18.9. The molecule has 116 valence electrons. The van der Waals surface area contributed by atoms with E-state index in [1.165, 1.54) is 0 Å². The first-order valence-electron chi connectivity index (χ1n) is 7.37. The van der Waals surface area contributed by atoms with Gasteiger partial charge < -0.3 is 20.1 Å². The smallest absolute Gasteiger partial charge is 0.317 e. The SMILES string of the molecule is COCCCCNC(=O)N1CCCC(CCC(=O)O)C1. The number of ether oxygens (including phenoxy) is 1. The summed E-state index contributed by atoms with van der Waals surface area (Å²) in [5.74, 6) is -0.441. The van der Waals surface area contributed by atoms with Crippen molar-refractivity contribution in [3.8, 4) is 0 Å². The average molecular weight is 286 g/mol. The second-order valence-corrected chi connectivity index (χ2v) is 5.32. The van der Waals surface area contributed by atoms with Crippen molar-refractivity contribution in [1.29, 1.82) is 0 Å². The third-order valence-electron chi connectivity index (χ3n) is 3.62. The average Bonchev–Trinajstić information content (AvgIpc) is 2.45.